The number of rotatable bonds is 0. The van der Waals surface area contributed by atoms with Gasteiger partial charge in [0.25, 0.3) is 61.0 Å². The van der Waals surface area contributed by atoms with Crippen molar-refractivity contribution in [3.63, 3.8) is 0 Å². The maximum Gasteiger partial charge on any atom is 0 e. The molecule has 0 rings (SSSR count). The van der Waals surface area contributed by atoms with Crippen LogP contribution in [0.1, 0.15) is 37.1 Å². The van der Waals surface area contributed by atoms with E-state index in [0.29, 0.717) is 0 Å². The van der Waals surface area contributed by atoms with Crippen molar-refractivity contribution in [2.75, 3.05) is 0 Å². The second-order valence-corrected chi connectivity index (χ2v) is 2.85. The molecule has 0 aliphatic heterocycles. The Labute approximate surface area is 930 Å². The Balaban J connectivity index is -0.00000000169. The first-order chi connectivity index (χ1) is 25.8. The maximum atomic E-state index is 8.38. The van der Waals surface area contributed by atoms with Gasteiger partial charge >= 0.3 is 109 Å². The average Bonchev–Trinajstić information content (AvgIpc) is 2.95. The minimum absolute atomic E-state index is 0. The van der Waals surface area contributed by atoms with Crippen LogP contribution in [0.15, 0.2) is 0 Å². The van der Waals surface area contributed by atoms with E-state index in [1.165, 1.54) is 0 Å². The molecule has 0 fully saturated rings. The molecule has 0 aromatic rings. The Morgan fingerprint density at radius 3 is 0.104 bits per heavy atom. The van der Waals surface area contributed by atoms with Crippen LogP contribution in [0.3, 0.4) is 0 Å². The summed E-state index contributed by atoms with van der Waals surface area (Å²) >= 11 is 0.625. The molecule has 0 aromatic carbocycles. The van der Waals surface area contributed by atoms with E-state index in [4.69, 9.17) is 202 Å². The zero-order valence-electron chi connectivity index (χ0n) is 60.2. The van der Waals surface area contributed by atoms with Crippen LogP contribution in [0.25, 0.3) is 0 Å². The van der Waals surface area contributed by atoms with Crippen molar-refractivity contribution in [2.24, 2.45) is 0 Å². The van der Waals surface area contributed by atoms with Crippen molar-refractivity contribution in [1.29, 1.82) is 0 Å². The number of nitrogens with zero attached hydrogens (tertiary/aromatic N) is 12. The fraction of sp³-hybridized carbons (Fsp3) is 1.00. The monoisotopic (exact) mass is 3040 g/mol. The van der Waals surface area contributed by atoms with Gasteiger partial charge in [0, 0.05) is 292 Å². The Kier molecular flexibility index (Phi) is 13200. The van der Waals surface area contributed by atoms with Gasteiger partial charge in [-0.3, -0.25) is 0 Å². The van der Waals surface area contributed by atoms with Crippen molar-refractivity contribution in [3.8, 4) is 0 Å². The summed E-state index contributed by atoms with van der Waals surface area (Å²) in [5, 5.41) is 164. The standard InChI is InChI=1S/5CH4.12HNO3.47H2O.5O.20Zn/c;;;;;12*2-1(3)4;;;;;;;;;;;;;;;;;;;;;;;;;;;;;;;;;;;;;;;;;;;;;;;;;;;;;;;;;;;;;;;;;;;;;;;;/h5*1H4;12*(H,2,3,4);47*1H2;;;;;;;;;;;;;;;;;;;;;;;;;. The first-order valence-corrected chi connectivity index (χ1v) is 14.3. The van der Waals surface area contributed by atoms with Gasteiger partial charge in [0.2, 0.25) is 0 Å². The van der Waals surface area contributed by atoms with Crippen molar-refractivity contribution >= 4 is 0 Å². The molecule has 100 nitrogen and oxygen atoms in total. The quantitative estimate of drug-likeness (QED) is 0.0609. The van der Waals surface area contributed by atoms with Gasteiger partial charge in [-0.05, 0) is 0 Å². The predicted molar refractivity (Wildman–Crippen MR) is 312 cm³/mol. The van der Waals surface area contributed by atoms with Gasteiger partial charge in [-0.15, -0.1) is 121 Å². The van der Waals surface area contributed by atoms with E-state index in [9.17, 15) is 0 Å². The van der Waals surface area contributed by atoms with Crippen LogP contribution in [-0.2, 0) is 401 Å². The van der Waals surface area contributed by atoms with Gasteiger partial charge < -0.3 is 320 Å². The van der Waals surface area contributed by atoms with Gasteiger partial charge in [0.05, 0.1) is 0 Å². The Hall–Kier alpha value is -0.0125. The zero-order valence-corrected chi connectivity index (χ0v) is 120. The fourth-order valence-electron chi connectivity index (χ4n) is 0. The molecule has 0 saturated carbocycles. The summed E-state index contributed by atoms with van der Waals surface area (Å²) in [6.07, 6.45) is 0. The maximum absolute atomic E-state index is 8.38. The molecule has 0 aliphatic carbocycles. The van der Waals surface area contributed by atoms with Crippen LogP contribution in [0.5, 0.6) is 0 Å². The van der Waals surface area contributed by atoms with Gasteiger partial charge in [-0.2, -0.15) is 0 Å². The first kappa shape index (κ1) is 1140. The average molecular weight is 3070 g/mol. The van der Waals surface area contributed by atoms with Gasteiger partial charge in [0.1, 0.15) is 0 Å². The van der Waals surface area contributed by atoms with Gasteiger partial charge in [-0.25, -0.2) is 0 Å². The van der Waals surface area contributed by atoms with Crippen LogP contribution >= 0.6 is 0 Å². The van der Waals surface area contributed by atoms with Gasteiger partial charge in [0.15, 0.2) is 0 Å². The SMILES string of the molecule is C.C.C.C.C.O.O.O.O.O.O.O.O.O.O.O.O.O.O.O.O.O.O.O.O.O.O.O.O.O.O.O.O.O.O.O.O.O.O.O.O.O.O.O.O.O.O.O.O.O.O.O.O=[N+]([O-])O.O=[N+]([O-])O.O=[N+]([O-])O.O=[N+]([O-])O.O=[N+]([O-])O.O=[N+]([O-])O.O=[N+]([O-])O.O=[N+]([O-])O.O=[N+]([O-])O.O=[N+]([O-])O.O=[N+]([O-])O.O=[N+]([O-])O.[O]=[Zn].[O]=[Zn].[O]=[Zn].[O]=[Zn].[O]=[Zn].[Zn].[Zn].[Zn].[Zn].[Zn].[Zn].[Zn].[Zn].[Zn].[Zn].[Zn].[Zn].[Zn].[Zn].[Zn]. The largest absolute Gasteiger partial charge is 0 e. The molecule has 120 heteroatoms. The molecule has 0 amide bonds. The van der Waals surface area contributed by atoms with Crippen LogP contribution < -0.4 is 0 Å². The number of hydrogen-bond donors (Lipinski definition) is 12. The Morgan fingerprint density at radius 2 is 0.104 bits per heavy atom. The van der Waals surface area contributed by atoms with Crippen LogP contribution in [-0.4, -0.2) is 381 Å². The molecule has 0 heterocycles. The van der Waals surface area contributed by atoms with E-state index < -0.39 is 61.0 Å². The third-order valence-corrected chi connectivity index (χ3v) is 0. The minimum atomic E-state index is -1.50. The molecule has 0 spiro atoms. The summed E-state index contributed by atoms with van der Waals surface area (Å²) < 4.78 is 41.9. The smallest absolute Gasteiger partial charge is 0 e. The Bertz CT molecular complexity index is 761. The van der Waals surface area contributed by atoms with E-state index in [2.05, 4.69) is 0 Å². The van der Waals surface area contributed by atoms with Crippen LogP contribution in [0.2, 0.25) is 0 Å². The fourth-order valence-corrected chi connectivity index (χ4v) is 0. The summed E-state index contributed by atoms with van der Waals surface area (Å²) in [4.78, 5) is 100. The van der Waals surface area contributed by atoms with E-state index in [-0.39, 0.29) is 678 Å². The molecule has 0 unspecified atom stereocenters. The van der Waals surface area contributed by atoms with E-state index >= 15 is 0 Å². The summed E-state index contributed by atoms with van der Waals surface area (Å²) in [5.74, 6) is 0. The molecule has 0 aromatic heterocycles. The van der Waals surface area contributed by atoms with Crippen LogP contribution in [0, 0.1) is 121 Å². The predicted octanol–water partition coefficient (Wildman–Crippen LogP) is -40.4. The molecule has 106 N–H and O–H groups in total. The third-order valence-electron chi connectivity index (χ3n) is 0. The Morgan fingerprint density at radius 1 is 0.104 bits per heavy atom. The summed E-state index contributed by atoms with van der Waals surface area (Å²) in [6.45, 7) is 0. The van der Waals surface area contributed by atoms with E-state index in [1.807, 2.05) is 0 Å². The second-order valence-electron chi connectivity index (χ2n) is 2.85. The molecule has 0 aliphatic rings. The molecule has 0 bridgehead atoms. The van der Waals surface area contributed by atoms with Crippen molar-refractivity contribution in [2.45, 2.75) is 37.1 Å². The molecular weight excluding hydrogens is 2940 g/mol. The second kappa shape index (κ2) is 1450. The topological polar surface area (TPSA) is 2330 Å². The van der Waals surface area contributed by atoms with Crippen molar-refractivity contribution in [1.82, 2.24) is 0 Å². The number of hydrogen-bond acceptors (Lipinski definition) is 29. The van der Waals surface area contributed by atoms with Gasteiger partial charge in [-0.1, -0.05) is 37.1 Å². The normalized spacial score (nSPS) is 2.54. The molecule has 0 atom stereocenters. The minimum Gasteiger partial charge on any atom is 0 e. The summed E-state index contributed by atoms with van der Waals surface area (Å²) in [6, 6.07) is 0. The zero-order chi connectivity index (χ0) is 52.9. The molecular formula is C5H126N12O88Zn20. The summed E-state index contributed by atoms with van der Waals surface area (Å²) in [5.41, 5.74) is 0. The molecule has 125 heavy (non-hydrogen) atoms. The van der Waals surface area contributed by atoms with Crippen LogP contribution in [0.4, 0.5) is 0 Å². The van der Waals surface area contributed by atoms with E-state index in [1.54, 1.807) is 0 Å². The first-order valence-electron chi connectivity index (χ1n) is 8.23. The molecule has 0 radical (unpaired) electrons. The van der Waals surface area contributed by atoms with Crippen molar-refractivity contribution in [3.05, 3.63) is 121 Å². The van der Waals surface area contributed by atoms with Crippen molar-refractivity contribution < 1.29 is 782 Å². The summed E-state index contributed by atoms with van der Waals surface area (Å²) in [7, 11) is 0. The molecule has 0 saturated heterocycles. The molecule has 774 valence electrons. The third kappa shape index (κ3) is 11900000000. The van der Waals surface area contributed by atoms with E-state index in [0.717, 1.165) is 0 Å².